The highest BCUT2D eigenvalue weighted by Crippen LogP contribution is 2.42. The Hall–Kier alpha value is -0.830. The average Bonchev–Trinajstić information content (AvgIpc) is 2.63. The Morgan fingerprint density at radius 3 is 2.88 bits per heavy atom. The normalized spacial score (nSPS) is 25.8. The Balaban J connectivity index is 2.04. The van der Waals surface area contributed by atoms with Crippen LogP contribution in [0, 0.1) is 11.3 Å². The van der Waals surface area contributed by atoms with E-state index in [9.17, 15) is 0 Å². The summed E-state index contributed by atoms with van der Waals surface area (Å²) in [6.45, 7) is 4.74. The molecule has 1 fully saturated rings. The molecule has 0 radical (unpaired) electrons. The molecule has 0 aliphatic heterocycles. The van der Waals surface area contributed by atoms with Gasteiger partial charge in [-0.2, -0.15) is 0 Å². The lowest BCUT2D eigenvalue weighted by Crippen LogP contribution is -2.43. The molecule has 1 aromatic rings. The highest BCUT2D eigenvalue weighted by atomic mass is 15.0. The van der Waals surface area contributed by atoms with Gasteiger partial charge in [-0.15, -0.1) is 0 Å². The lowest BCUT2D eigenvalue weighted by molar-refractivity contribution is 0.111. The maximum Gasteiger partial charge on any atom is 0.109 e. The minimum absolute atomic E-state index is 0.242. The summed E-state index contributed by atoms with van der Waals surface area (Å²) in [6, 6.07) is 0.242. The Labute approximate surface area is 104 Å². The fourth-order valence-corrected chi connectivity index (χ4v) is 3.26. The number of hydrogen-bond acceptors (Lipinski definition) is 2. The molecule has 17 heavy (non-hydrogen) atoms. The van der Waals surface area contributed by atoms with E-state index in [0.717, 1.165) is 12.2 Å². The monoisotopic (exact) mass is 235 g/mol. The van der Waals surface area contributed by atoms with Gasteiger partial charge >= 0.3 is 0 Å². The Bertz CT molecular complexity index is 367. The van der Waals surface area contributed by atoms with Gasteiger partial charge in [-0.3, -0.25) is 0 Å². The summed E-state index contributed by atoms with van der Waals surface area (Å²) >= 11 is 0. The second-order valence-corrected chi connectivity index (χ2v) is 6.16. The van der Waals surface area contributed by atoms with Crippen LogP contribution >= 0.6 is 0 Å². The molecule has 0 saturated heterocycles. The molecule has 0 spiro atoms. The first-order valence-corrected chi connectivity index (χ1v) is 6.72. The Morgan fingerprint density at radius 2 is 2.29 bits per heavy atom. The van der Waals surface area contributed by atoms with Gasteiger partial charge in [0.05, 0.1) is 0 Å². The highest BCUT2D eigenvalue weighted by molar-refractivity contribution is 4.98. The van der Waals surface area contributed by atoms with Crippen molar-refractivity contribution in [2.75, 3.05) is 0 Å². The predicted molar refractivity (Wildman–Crippen MR) is 70.6 cm³/mol. The molecule has 3 nitrogen and oxygen atoms in total. The topological polar surface area (TPSA) is 43.8 Å². The van der Waals surface area contributed by atoms with Crippen molar-refractivity contribution >= 4 is 0 Å². The fraction of sp³-hybridized carbons (Fsp3) is 0.786. The molecule has 1 saturated carbocycles. The first-order valence-electron chi connectivity index (χ1n) is 6.72. The van der Waals surface area contributed by atoms with E-state index in [4.69, 9.17) is 5.73 Å². The average molecular weight is 235 g/mol. The van der Waals surface area contributed by atoms with Gasteiger partial charge in [-0.1, -0.05) is 26.7 Å². The standard InChI is InChI=1S/C14H25N3/c1-14(2)7-5-4-6-11(14)12(15)10-13-16-8-9-17(13)3/h8-9,11-12H,4-7,10,15H2,1-3H3. The molecule has 0 bridgehead atoms. The van der Waals surface area contributed by atoms with Gasteiger partial charge in [0, 0.05) is 31.9 Å². The lowest BCUT2D eigenvalue weighted by atomic mass is 9.65. The van der Waals surface area contributed by atoms with Crippen molar-refractivity contribution < 1.29 is 0 Å². The molecule has 0 amide bonds. The van der Waals surface area contributed by atoms with Crippen molar-refractivity contribution in [3.63, 3.8) is 0 Å². The van der Waals surface area contributed by atoms with Gasteiger partial charge < -0.3 is 10.3 Å². The number of aryl methyl sites for hydroxylation is 1. The summed E-state index contributed by atoms with van der Waals surface area (Å²) in [6.07, 6.45) is 10.0. The molecular formula is C14H25N3. The maximum atomic E-state index is 6.43. The molecule has 2 rings (SSSR count). The van der Waals surface area contributed by atoms with Crippen LogP contribution in [-0.4, -0.2) is 15.6 Å². The molecule has 2 unspecified atom stereocenters. The predicted octanol–water partition coefficient (Wildman–Crippen LogP) is 2.51. The Kier molecular flexibility index (Phi) is 3.57. The molecule has 1 aliphatic rings. The number of imidazole rings is 1. The van der Waals surface area contributed by atoms with Gasteiger partial charge in [0.15, 0.2) is 0 Å². The first kappa shape index (κ1) is 12.6. The zero-order valence-corrected chi connectivity index (χ0v) is 11.3. The number of nitrogens with zero attached hydrogens (tertiary/aromatic N) is 2. The van der Waals surface area contributed by atoms with Crippen molar-refractivity contribution in [3.8, 4) is 0 Å². The van der Waals surface area contributed by atoms with Crippen LogP contribution in [0.1, 0.15) is 45.4 Å². The fourth-order valence-electron chi connectivity index (χ4n) is 3.26. The third kappa shape index (κ3) is 2.71. The minimum atomic E-state index is 0.242. The zero-order chi connectivity index (χ0) is 12.5. The summed E-state index contributed by atoms with van der Waals surface area (Å²) in [5, 5.41) is 0. The van der Waals surface area contributed by atoms with Crippen molar-refractivity contribution in [1.29, 1.82) is 0 Å². The molecule has 2 atom stereocenters. The minimum Gasteiger partial charge on any atom is -0.338 e. The molecule has 1 heterocycles. The SMILES string of the molecule is Cn1ccnc1CC(N)C1CCCCC1(C)C. The van der Waals surface area contributed by atoms with E-state index in [0.29, 0.717) is 11.3 Å². The maximum absolute atomic E-state index is 6.43. The summed E-state index contributed by atoms with van der Waals surface area (Å²) in [7, 11) is 2.04. The van der Waals surface area contributed by atoms with Crippen molar-refractivity contribution in [2.24, 2.45) is 24.1 Å². The number of hydrogen-bond donors (Lipinski definition) is 1. The van der Waals surface area contributed by atoms with E-state index in [1.54, 1.807) is 0 Å². The third-order valence-electron chi connectivity index (χ3n) is 4.45. The van der Waals surface area contributed by atoms with Crippen molar-refractivity contribution in [2.45, 2.75) is 52.0 Å². The van der Waals surface area contributed by atoms with Gasteiger partial charge in [0.25, 0.3) is 0 Å². The van der Waals surface area contributed by atoms with Crippen LogP contribution in [0.4, 0.5) is 0 Å². The van der Waals surface area contributed by atoms with E-state index < -0.39 is 0 Å². The van der Waals surface area contributed by atoms with Crippen LogP contribution < -0.4 is 5.73 Å². The molecule has 1 aromatic heterocycles. The van der Waals surface area contributed by atoms with E-state index in [1.165, 1.54) is 25.7 Å². The van der Waals surface area contributed by atoms with Crippen LogP contribution in [0.15, 0.2) is 12.4 Å². The van der Waals surface area contributed by atoms with Crippen LogP contribution in [0.3, 0.4) is 0 Å². The molecule has 3 heteroatoms. The van der Waals surface area contributed by atoms with Gasteiger partial charge in [0.1, 0.15) is 5.82 Å². The van der Waals surface area contributed by atoms with Gasteiger partial charge in [0.2, 0.25) is 0 Å². The lowest BCUT2D eigenvalue weighted by Gasteiger charge is -2.42. The highest BCUT2D eigenvalue weighted by Gasteiger charge is 2.36. The van der Waals surface area contributed by atoms with E-state index >= 15 is 0 Å². The molecule has 2 N–H and O–H groups in total. The third-order valence-corrected chi connectivity index (χ3v) is 4.45. The van der Waals surface area contributed by atoms with Crippen LogP contribution in [0.2, 0.25) is 0 Å². The molecule has 96 valence electrons. The number of rotatable bonds is 3. The van der Waals surface area contributed by atoms with Crippen LogP contribution in [-0.2, 0) is 13.5 Å². The molecular weight excluding hydrogens is 210 g/mol. The Morgan fingerprint density at radius 1 is 1.53 bits per heavy atom. The van der Waals surface area contributed by atoms with Gasteiger partial charge in [-0.25, -0.2) is 4.98 Å². The van der Waals surface area contributed by atoms with E-state index in [2.05, 4.69) is 23.4 Å². The van der Waals surface area contributed by atoms with Crippen LogP contribution in [0.5, 0.6) is 0 Å². The smallest absolute Gasteiger partial charge is 0.109 e. The first-order chi connectivity index (χ1) is 8.00. The zero-order valence-electron chi connectivity index (χ0n) is 11.3. The largest absolute Gasteiger partial charge is 0.338 e. The molecule has 1 aliphatic carbocycles. The van der Waals surface area contributed by atoms with Crippen molar-refractivity contribution in [3.05, 3.63) is 18.2 Å². The summed E-state index contributed by atoms with van der Waals surface area (Å²) in [4.78, 5) is 4.38. The van der Waals surface area contributed by atoms with Crippen LogP contribution in [0.25, 0.3) is 0 Å². The second kappa shape index (κ2) is 4.81. The van der Waals surface area contributed by atoms with Crippen molar-refractivity contribution in [1.82, 2.24) is 9.55 Å². The number of nitrogens with two attached hydrogens (primary N) is 1. The quantitative estimate of drug-likeness (QED) is 0.875. The molecule has 0 aromatic carbocycles. The van der Waals surface area contributed by atoms with E-state index in [1.807, 2.05) is 19.4 Å². The van der Waals surface area contributed by atoms with Gasteiger partial charge in [-0.05, 0) is 24.2 Å². The summed E-state index contributed by atoms with van der Waals surface area (Å²) < 4.78 is 2.08. The summed E-state index contributed by atoms with van der Waals surface area (Å²) in [5.41, 5.74) is 6.82. The number of aromatic nitrogens is 2. The second-order valence-electron chi connectivity index (χ2n) is 6.16. The summed E-state index contributed by atoms with van der Waals surface area (Å²) in [5.74, 6) is 1.74. The van der Waals surface area contributed by atoms with E-state index in [-0.39, 0.29) is 6.04 Å².